The van der Waals surface area contributed by atoms with Gasteiger partial charge in [-0.2, -0.15) is 0 Å². The Labute approximate surface area is 123 Å². The molecule has 0 saturated heterocycles. The second kappa shape index (κ2) is 6.61. The van der Waals surface area contributed by atoms with Gasteiger partial charge in [-0.3, -0.25) is 4.79 Å². The summed E-state index contributed by atoms with van der Waals surface area (Å²) in [6, 6.07) is 13.5. The Hall–Kier alpha value is -2.75. The van der Waals surface area contributed by atoms with Crippen LogP contribution in [0.2, 0.25) is 0 Å². The molecule has 2 aromatic rings. The number of aliphatic hydroxyl groups excluding tert-OH is 1. The van der Waals surface area contributed by atoms with Crippen molar-refractivity contribution in [2.24, 2.45) is 0 Å². The Morgan fingerprint density at radius 3 is 1.71 bits per heavy atom. The molecule has 0 radical (unpaired) electrons. The molecule has 0 atom stereocenters. The van der Waals surface area contributed by atoms with E-state index in [1.165, 1.54) is 6.08 Å². The molecule has 0 aliphatic carbocycles. The lowest BCUT2D eigenvalue weighted by molar-refractivity contribution is 0.104. The first-order valence-electron chi connectivity index (χ1n) is 6.37. The fraction of sp³-hybridized carbons (Fsp3) is 0.118. The van der Waals surface area contributed by atoms with Crippen molar-refractivity contribution < 1.29 is 19.4 Å². The molecule has 0 spiro atoms. The van der Waals surface area contributed by atoms with E-state index in [-0.39, 0.29) is 11.5 Å². The van der Waals surface area contributed by atoms with Gasteiger partial charge in [-0.1, -0.05) is 0 Å². The molecule has 0 aliphatic heterocycles. The van der Waals surface area contributed by atoms with Gasteiger partial charge in [-0.25, -0.2) is 0 Å². The lowest BCUT2D eigenvalue weighted by Crippen LogP contribution is -1.97. The highest BCUT2D eigenvalue weighted by Crippen LogP contribution is 2.18. The molecular weight excluding hydrogens is 268 g/mol. The summed E-state index contributed by atoms with van der Waals surface area (Å²) in [4.78, 5) is 12.0. The quantitative estimate of drug-likeness (QED) is 0.519. The van der Waals surface area contributed by atoms with Crippen LogP contribution in [0.3, 0.4) is 0 Å². The fourth-order valence-corrected chi connectivity index (χ4v) is 1.81. The summed E-state index contributed by atoms with van der Waals surface area (Å²) in [5, 5.41) is 9.99. The Morgan fingerprint density at radius 1 is 0.857 bits per heavy atom. The number of methoxy groups -OCH3 is 2. The first kappa shape index (κ1) is 14.7. The van der Waals surface area contributed by atoms with E-state index < -0.39 is 0 Å². The van der Waals surface area contributed by atoms with Gasteiger partial charge in [0.2, 0.25) is 0 Å². The Kier molecular flexibility index (Phi) is 4.61. The molecule has 0 bridgehead atoms. The van der Waals surface area contributed by atoms with Gasteiger partial charge in [0.1, 0.15) is 17.3 Å². The monoisotopic (exact) mass is 284 g/mol. The van der Waals surface area contributed by atoms with E-state index >= 15 is 0 Å². The summed E-state index contributed by atoms with van der Waals surface area (Å²) in [5.41, 5.74) is 1.04. The third kappa shape index (κ3) is 3.63. The topological polar surface area (TPSA) is 55.8 Å². The first-order valence-corrected chi connectivity index (χ1v) is 6.37. The Morgan fingerprint density at radius 2 is 1.29 bits per heavy atom. The van der Waals surface area contributed by atoms with E-state index in [4.69, 9.17) is 9.47 Å². The van der Waals surface area contributed by atoms with Crippen molar-refractivity contribution in [3.05, 3.63) is 65.7 Å². The Balaban J connectivity index is 2.17. The van der Waals surface area contributed by atoms with E-state index in [0.29, 0.717) is 22.6 Å². The second-order valence-electron chi connectivity index (χ2n) is 4.35. The molecule has 1 N–H and O–H groups in total. The minimum absolute atomic E-state index is 0.0847. The molecule has 108 valence electrons. The normalized spacial score (nSPS) is 11.0. The van der Waals surface area contributed by atoms with Crippen molar-refractivity contribution in [2.75, 3.05) is 14.2 Å². The fourth-order valence-electron chi connectivity index (χ4n) is 1.81. The lowest BCUT2D eigenvalue weighted by atomic mass is 10.1. The third-order valence-electron chi connectivity index (χ3n) is 3.03. The van der Waals surface area contributed by atoms with Crippen molar-refractivity contribution in [3.8, 4) is 11.5 Å². The number of benzene rings is 2. The maximum Gasteiger partial charge on any atom is 0.189 e. The number of carbonyl (C=O) groups is 1. The molecule has 0 aromatic heterocycles. The van der Waals surface area contributed by atoms with Gasteiger partial charge in [0.25, 0.3) is 0 Å². The summed E-state index contributed by atoms with van der Waals surface area (Å²) in [7, 11) is 3.13. The Bertz CT molecular complexity index is 639. The zero-order valence-corrected chi connectivity index (χ0v) is 11.9. The second-order valence-corrected chi connectivity index (χ2v) is 4.35. The van der Waals surface area contributed by atoms with Crippen LogP contribution in [-0.4, -0.2) is 25.1 Å². The summed E-state index contributed by atoms with van der Waals surface area (Å²) in [6.07, 6.45) is 1.20. The molecule has 0 amide bonds. The van der Waals surface area contributed by atoms with Gasteiger partial charge < -0.3 is 14.6 Å². The zero-order valence-electron chi connectivity index (χ0n) is 11.9. The van der Waals surface area contributed by atoms with E-state index in [1.54, 1.807) is 62.8 Å². The van der Waals surface area contributed by atoms with E-state index in [9.17, 15) is 9.90 Å². The largest absolute Gasteiger partial charge is 0.507 e. The molecule has 0 aliphatic rings. The molecule has 0 fully saturated rings. The molecule has 4 heteroatoms. The number of ether oxygens (including phenoxy) is 2. The number of ketones is 1. The highest BCUT2D eigenvalue weighted by molar-refractivity contribution is 6.07. The summed E-state index contributed by atoms with van der Waals surface area (Å²) >= 11 is 0. The van der Waals surface area contributed by atoms with Crippen molar-refractivity contribution in [1.29, 1.82) is 0 Å². The lowest BCUT2D eigenvalue weighted by Gasteiger charge is -2.03. The predicted molar refractivity (Wildman–Crippen MR) is 80.9 cm³/mol. The van der Waals surface area contributed by atoms with Gasteiger partial charge in [0.15, 0.2) is 5.78 Å². The van der Waals surface area contributed by atoms with Gasteiger partial charge in [-0.15, -0.1) is 0 Å². The molecular formula is C17H16O4. The minimum Gasteiger partial charge on any atom is -0.507 e. The molecule has 2 rings (SSSR count). The molecule has 0 saturated carbocycles. The molecule has 2 aromatic carbocycles. The van der Waals surface area contributed by atoms with Crippen LogP contribution in [0.25, 0.3) is 5.76 Å². The average molecular weight is 284 g/mol. The minimum atomic E-state index is -0.272. The SMILES string of the molecule is COc1ccc(C(=O)C=C(O)c2ccc(OC)cc2)cc1. The molecule has 0 unspecified atom stereocenters. The van der Waals surface area contributed by atoms with E-state index in [1.807, 2.05) is 0 Å². The number of aliphatic hydroxyl groups is 1. The summed E-state index contributed by atoms with van der Waals surface area (Å²) in [5.74, 6) is 1.01. The number of hydrogen-bond acceptors (Lipinski definition) is 4. The van der Waals surface area contributed by atoms with Crippen LogP contribution in [0.1, 0.15) is 15.9 Å². The highest BCUT2D eigenvalue weighted by Gasteiger charge is 2.06. The maximum absolute atomic E-state index is 12.0. The maximum atomic E-state index is 12.0. The number of carbonyl (C=O) groups excluding carboxylic acids is 1. The average Bonchev–Trinajstić information content (AvgIpc) is 2.55. The van der Waals surface area contributed by atoms with Crippen molar-refractivity contribution in [1.82, 2.24) is 0 Å². The van der Waals surface area contributed by atoms with Gasteiger partial charge in [-0.05, 0) is 48.5 Å². The molecule has 21 heavy (non-hydrogen) atoms. The molecule has 4 nitrogen and oxygen atoms in total. The van der Waals surface area contributed by atoms with Crippen LogP contribution in [0, 0.1) is 0 Å². The highest BCUT2D eigenvalue weighted by atomic mass is 16.5. The van der Waals surface area contributed by atoms with Gasteiger partial charge in [0.05, 0.1) is 14.2 Å². The van der Waals surface area contributed by atoms with Gasteiger partial charge >= 0.3 is 0 Å². The third-order valence-corrected chi connectivity index (χ3v) is 3.03. The van der Waals surface area contributed by atoms with E-state index in [0.717, 1.165) is 0 Å². The van der Waals surface area contributed by atoms with Crippen LogP contribution in [0.4, 0.5) is 0 Å². The van der Waals surface area contributed by atoms with Crippen LogP contribution in [0.15, 0.2) is 54.6 Å². The van der Waals surface area contributed by atoms with Crippen LogP contribution in [0.5, 0.6) is 11.5 Å². The van der Waals surface area contributed by atoms with Crippen molar-refractivity contribution in [2.45, 2.75) is 0 Å². The number of rotatable bonds is 5. The van der Waals surface area contributed by atoms with E-state index in [2.05, 4.69) is 0 Å². The van der Waals surface area contributed by atoms with Crippen molar-refractivity contribution >= 4 is 11.5 Å². The van der Waals surface area contributed by atoms with Crippen LogP contribution in [-0.2, 0) is 0 Å². The predicted octanol–water partition coefficient (Wildman–Crippen LogP) is 3.49. The van der Waals surface area contributed by atoms with Crippen LogP contribution < -0.4 is 9.47 Å². The van der Waals surface area contributed by atoms with Gasteiger partial charge in [0, 0.05) is 17.2 Å². The van der Waals surface area contributed by atoms with Crippen LogP contribution >= 0.6 is 0 Å². The van der Waals surface area contributed by atoms with Crippen molar-refractivity contribution in [3.63, 3.8) is 0 Å². The first-order chi connectivity index (χ1) is 10.1. The molecule has 0 heterocycles. The summed E-state index contributed by atoms with van der Waals surface area (Å²) in [6.45, 7) is 0. The number of hydrogen-bond donors (Lipinski definition) is 1. The standard InChI is InChI=1S/C17H16O4/c1-20-14-7-3-12(4-8-14)16(18)11-17(19)13-5-9-15(21-2)10-6-13/h3-11,18H,1-2H3. The zero-order chi connectivity index (χ0) is 15.2. The number of allylic oxidation sites excluding steroid dienone is 1. The summed E-state index contributed by atoms with van der Waals surface area (Å²) < 4.78 is 10.1. The smallest absolute Gasteiger partial charge is 0.189 e.